The third-order valence-electron chi connectivity index (χ3n) is 3.66. The summed E-state index contributed by atoms with van der Waals surface area (Å²) in [6, 6.07) is 4.48. The van der Waals surface area contributed by atoms with Crippen LogP contribution in [0.4, 0.5) is 5.82 Å². The molecule has 4 heteroatoms. The zero-order chi connectivity index (χ0) is 13.7. The van der Waals surface area contributed by atoms with Gasteiger partial charge in [0.05, 0.1) is 6.10 Å². The highest BCUT2D eigenvalue weighted by atomic mass is 16.5. The molecule has 0 bridgehead atoms. The molecule has 0 radical (unpaired) electrons. The first-order valence-corrected chi connectivity index (χ1v) is 7.23. The first-order chi connectivity index (χ1) is 9.22. The Morgan fingerprint density at radius 3 is 3.11 bits per heavy atom. The Morgan fingerprint density at radius 2 is 2.42 bits per heavy atom. The fourth-order valence-corrected chi connectivity index (χ4v) is 2.66. The molecular weight excluding hydrogens is 238 g/mol. The predicted molar refractivity (Wildman–Crippen MR) is 78.6 cm³/mol. The fraction of sp³-hybridized carbons (Fsp3) is 0.667. The lowest BCUT2D eigenvalue weighted by molar-refractivity contribution is 0.116. The standard InChI is InChI=1S/C15H25N3O/c1-4-16-12(2)14-8-5-9-17-15(14)18(3)11-13-7-6-10-19-13/h5,8-9,12-13,16H,4,6-7,10-11H2,1-3H3. The van der Waals surface area contributed by atoms with Crippen LogP contribution in [0, 0.1) is 0 Å². The van der Waals surface area contributed by atoms with Gasteiger partial charge < -0.3 is 15.0 Å². The minimum absolute atomic E-state index is 0.320. The molecule has 106 valence electrons. The summed E-state index contributed by atoms with van der Waals surface area (Å²) in [6.45, 7) is 7.10. The molecule has 1 aliphatic heterocycles. The third-order valence-corrected chi connectivity index (χ3v) is 3.66. The molecule has 0 aromatic carbocycles. The number of hydrogen-bond acceptors (Lipinski definition) is 4. The van der Waals surface area contributed by atoms with Crippen molar-refractivity contribution in [2.24, 2.45) is 0 Å². The predicted octanol–water partition coefficient (Wildman–Crippen LogP) is 2.37. The molecule has 19 heavy (non-hydrogen) atoms. The highest BCUT2D eigenvalue weighted by Crippen LogP contribution is 2.24. The van der Waals surface area contributed by atoms with Gasteiger partial charge >= 0.3 is 0 Å². The number of hydrogen-bond donors (Lipinski definition) is 1. The van der Waals surface area contributed by atoms with Crippen LogP contribution in [0.3, 0.4) is 0 Å². The Hall–Kier alpha value is -1.13. The normalized spacial score (nSPS) is 20.5. The topological polar surface area (TPSA) is 37.4 Å². The summed E-state index contributed by atoms with van der Waals surface area (Å²) < 4.78 is 5.71. The molecule has 1 aromatic heterocycles. The minimum atomic E-state index is 0.320. The van der Waals surface area contributed by atoms with E-state index in [-0.39, 0.29) is 0 Å². The van der Waals surface area contributed by atoms with E-state index in [1.165, 1.54) is 12.0 Å². The number of rotatable bonds is 6. The van der Waals surface area contributed by atoms with E-state index >= 15 is 0 Å². The fourth-order valence-electron chi connectivity index (χ4n) is 2.66. The minimum Gasteiger partial charge on any atom is -0.376 e. The summed E-state index contributed by atoms with van der Waals surface area (Å²) in [5.74, 6) is 1.06. The average molecular weight is 263 g/mol. The lowest BCUT2D eigenvalue weighted by Gasteiger charge is -2.26. The molecule has 1 saturated heterocycles. The number of pyridine rings is 1. The van der Waals surface area contributed by atoms with Crippen LogP contribution in [-0.2, 0) is 4.74 Å². The van der Waals surface area contributed by atoms with Crippen molar-refractivity contribution >= 4 is 5.82 Å². The molecule has 1 fully saturated rings. The molecule has 2 rings (SSSR count). The number of likely N-dealkylation sites (N-methyl/N-ethyl adjacent to an activating group) is 1. The lowest BCUT2D eigenvalue weighted by Crippen LogP contribution is -2.31. The largest absolute Gasteiger partial charge is 0.376 e. The molecule has 4 nitrogen and oxygen atoms in total. The molecule has 1 N–H and O–H groups in total. The zero-order valence-corrected chi connectivity index (χ0v) is 12.2. The molecule has 2 unspecified atom stereocenters. The SMILES string of the molecule is CCNC(C)c1cccnc1N(C)CC1CCCO1. The lowest BCUT2D eigenvalue weighted by atomic mass is 10.1. The smallest absolute Gasteiger partial charge is 0.133 e. The van der Waals surface area contributed by atoms with Crippen molar-refractivity contribution in [1.29, 1.82) is 0 Å². The molecule has 1 aromatic rings. The van der Waals surface area contributed by atoms with Gasteiger partial charge in [-0.15, -0.1) is 0 Å². The van der Waals surface area contributed by atoms with Gasteiger partial charge in [0.2, 0.25) is 0 Å². The van der Waals surface area contributed by atoms with E-state index < -0.39 is 0 Å². The van der Waals surface area contributed by atoms with Gasteiger partial charge in [0.1, 0.15) is 5.82 Å². The zero-order valence-electron chi connectivity index (χ0n) is 12.2. The highest BCUT2D eigenvalue weighted by molar-refractivity contribution is 5.47. The summed E-state index contributed by atoms with van der Waals surface area (Å²) in [4.78, 5) is 6.78. The van der Waals surface area contributed by atoms with Crippen LogP contribution in [0.2, 0.25) is 0 Å². The van der Waals surface area contributed by atoms with E-state index in [0.717, 1.165) is 31.9 Å². The van der Waals surface area contributed by atoms with E-state index in [1.54, 1.807) is 0 Å². The number of aromatic nitrogens is 1. The number of nitrogens with one attached hydrogen (secondary N) is 1. The second kappa shape index (κ2) is 6.87. The Labute approximate surface area is 116 Å². The van der Waals surface area contributed by atoms with Gasteiger partial charge in [-0.05, 0) is 32.4 Å². The van der Waals surface area contributed by atoms with Crippen molar-refractivity contribution < 1.29 is 4.74 Å². The van der Waals surface area contributed by atoms with Crippen molar-refractivity contribution in [3.05, 3.63) is 23.9 Å². The maximum absolute atomic E-state index is 5.71. The summed E-state index contributed by atoms with van der Waals surface area (Å²) in [5, 5.41) is 3.45. The summed E-state index contributed by atoms with van der Waals surface area (Å²) in [5.41, 5.74) is 1.25. The Bertz CT molecular complexity index is 391. The summed E-state index contributed by atoms with van der Waals surface area (Å²) in [7, 11) is 2.10. The Morgan fingerprint density at radius 1 is 1.58 bits per heavy atom. The molecule has 0 spiro atoms. The Balaban J connectivity index is 2.09. The summed E-state index contributed by atoms with van der Waals surface area (Å²) >= 11 is 0. The van der Waals surface area contributed by atoms with E-state index in [1.807, 2.05) is 12.3 Å². The van der Waals surface area contributed by atoms with Crippen LogP contribution in [0.5, 0.6) is 0 Å². The number of anilines is 1. The third kappa shape index (κ3) is 3.67. The van der Waals surface area contributed by atoms with Crippen molar-refractivity contribution in [2.45, 2.75) is 38.8 Å². The molecule has 1 aliphatic rings. The van der Waals surface area contributed by atoms with E-state index in [4.69, 9.17) is 4.74 Å². The van der Waals surface area contributed by atoms with Crippen LogP contribution in [0.25, 0.3) is 0 Å². The molecule has 0 amide bonds. The monoisotopic (exact) mass is 263 g/mol. The van der Waals surface area contributed by atoms with Crippen molar-refractivity contribution in [3.63, 3.8) is 0 Å². The van der Waals surface area contributed by atoms with E-state index in [9.17, 15) is 0 Å². The maximum Gasteiger partial charge on any atom is 0.133 e. The second-order valence-electron chi connectivity index (χ2n) is 5.21. The van der Waals surface area contributed by atoms with Gasteiger partial charge in [0.25, 0.3) is 0 Å². The van der Waals surface area contributed by atoms with Crippen LogP contribution in [0.1, 0.15) is 38.3 Å². The molecule has 2 atom stereocenters. The van der Waals surface area contributed by atoms with Gasteiger partial charge in [0.15, 0.2) is 0 Å². The first kappa shape index (κ1) is 14.3. The molecule has 0 aliphatic carbocycles. The van der Waals surface area contributed by atoms with E-state index in [2.05, 4.69) is 42.2 Å². The van der Waals surface area contributed by atoms with E-state index in [0.29, 0.717) is 12.1 Å². The summed E-state index contributed by atoms with van der Waals surface area (Å²) in [6.07, 6.45) is 4.56. The van der Waals surface area contributed by atoms with Crippen LogP contribution >= 0.6 is 0 Å². The molecular formula is C15H25N3O. The van der Waals surface area contributed by atoms with Crippen LogP contribution in [0.15, 0.2) is 18.3 Å². The average Bonchev–Trinajstić information content (AvgIpc) is 2.92. The maximum atomic E-state index is 5.71. The van der Waals surface area contributed by atoms with Crippen molar-refractivity contribution in [1.82, 2.24) is 10.3 Å². The van der Waals surface area contributed by atoms with Crippen LogP contribution < -0.4 is 10.2 Å². The quantitative estimate of drug-likeness (QED) is 0.855. The van der Waals surface area contributed by atoms with Crippen molar-refractivity contribution in [3.8, 4) is 0 Å². The molecule has 0 saturated carbocycles. The van der Waals surface area contributed by atoms with Gasteiger partial charge in [-0.3, -0.25) is 0 Å². The van der Waals surface area contributed by atoms with Crippen molar-refractivity contribution in [2.75, 3.05) is 31.6 Å². The first-order valence-electron chi connectivity index (χ1n) is 7.23. The van der Waals surface area contributed by atoms with Gasteiger partial charge in [-0.1, -0.05) is 13.0 Å². The van der Waals surface area contributed by atoms with Gasteiger partial charge in [0, 0.05) is 38.0 Å². The number of ether oxygens (including phenoxy) is 1. The number of nitrogens with zero attached hydrogens (tertiary/aromatic N) is 2. The second-order valence-corrected chi connectivity index (χ2v) is 5.21. The van der Waals surface area contributed by atoms with Crippen LogP contribution in [-0.4, -0.2) is 37.8 Å². The Kier molecular flexibility index (Phi) is 5.16. The van der Waals surface area contributed by atoms with Gasteiger partial charge in [-0.2, -0.15) is 0 Å². The highest BCUT2D eigenvalue weighted by Gasteiger charge is 2.20. The molecule has 2 heterocycles. The van der Waals surface area contributed by atoms with Gasteiger partial charge in [-0.25, -0.2) is 4.98 Å².